The second kappa shape index (κ2) is 5.86. The molecule has 1 aromatic carbocycles. The number of carbonyl (C=O) groups is 1. The molecule has 7 heteroatoms. The van der Waals surface area contributed by atoms with Crippen molar-refractivity contribution in [2.24, 2.45) is 0 Å². The fraction of sp³-hybridized carbons (Fsp3) is 0.111. The number of aromatic carboxylic acids is 1. The molecule has 2 N–H and O–H groups in total. The van der Waals surface area contributed by atoms with E-state index in [1.165, 1.54) is 12.5 Å². The number of nitrogens with one attached hydrogen (secondary N) is 1. The average Bonchev–Trinajstić information content (AvgIpc) is 3.35. The Morgan fingerprint density at radius 3 is 2.72 bits per heavy atom. The van der Waals surface area contributed by atoms with Crippen LogP contribution < -0.4 is 0 Å². The van der Waals surface area contributed by atoms with Gasteiger partial charge >= 0.3 is 5.97 Å². The third-order valence-corrected chi connectivity index (χ3v) is 4.29. The third-order valence-electron chi connectivity index (χ3n) is 4.29. The quantitative estimate of drug-likeness (QED) is 0.760. The molecular formula is C18H14N4O3. The van der Waals surface area contributed by atoms with Crippen LogP contribution in [0.25, 0.3) is 5.57 Å². The summed E-state index contributed by atoms with van der Waals surface area (Å²) >= 11 is 0. The summed E-state index contributed by atoms with van der Waals surface area (Å²) in [6.45, 7) is 0. The molecule has 0 bridgehead atoms. The normalized spacial score (nSPS) is 19.6. The first-order valence-electron chi connectivity index (χ1n) is 7.70. The molecule has 2 heterocycles. The van der Waals surface area contributed by atoms with Crippen molar-refractivity contribution in [3.63, 3.8) is 0 Å². The third kappa shape index (κ3) is 2.46. The topological polar surface area (TPSA) is 105 Å². The van der Waals surface area contributed by atoms with Crippen molar-refractivity contribution in [1.29, 1.82) is 0 Å². The summed E-state index contributed by atoms with van der Waals surface area (Å²) in [5, 5.41) is 19.7. The maximum absolute atomic E-state index is 11.5. The highest BCUT2D eigenvalue weighted by Crippen LogP contribution is 2.41. The Bertz CT molecular complexity index is 957. The van der Waals surface area contributed by atoms with Crippen molar-refractivity contribution >= 4 is 11.5 Å². The van der Waals surface area contributed by atoms with E-state index in [1.54, 1.807) is 0 Å². The molecule has 0 amide bonds. The van der Waals surface area contributed by atoms with Gasteiger partial charge in [-0.1, -0.05) is 48.6 Å². The fourth-order valence-electron chi connectivity index (χ4n) is 3.05. The molecule has 0 spiro atoms. The molecule has 0 saturated heterocycles. The maximum atomic E-state index is 11.5. The molecule has 1 aliphatic rings. The van der Waals surface area contributed by atoms with E-state index in [4.69, 9.17) is 4.42 Å². The maximum Gasteiger partial charge on any atom is 0.358 e. The molecular weight excluding hydrogens is 320 g/mol. The van der Waals surface area contributed by atoms with Crippen LogP contribution in [0.5, 0.6) is 0 Å². The summed E-state index contributed by atoms with van der Waals surface area (Å²) < 4.78 is 5.51. The smallest absolute Gasteiger partial charge is 0.358 e. The molecule has 0 saturated carbocycles. The first-order chi connectivity index (χ1) is 12.2. The van der Waals surface area contributed by atoms with Crippen LogP contribution in [-0.2, 0) is 5.41 Å². The van der Waals surface area contributed by atoms with Crippen molar-refractivity contribution in [3.05, 3.63) is 83.9 Å². The van der Waals surface area contributed by atoms with E-state index < -0.39 is 11.4 Å². The molecule has 0 fully saturated rings. The number of nitrogens with zero attached hydrogens (tertiary/aromatic N) is 3. The van der Waals surface area contributed by atoms with Crippen LogP contribution >= 0.6 is 0 Å². The van der Waals surface area contributed by atoms with E-state index in [0.29, 0.717) is 12.3 Å². The van der Waals surface area contributed by atoms with Crippen LogP contribution in [0, 0.1) is 0 Å². The number of aromatic nitrogens is 4. The Balaban J connectivity index is 1.81. The van der Waals surface area contributed by atoms with E-state index in [9.17, 15) is 9.90 Å². The van der Waals surface area contributed by atoms with Crippen LogP contribution in [0.1, 0.15) is 34.1 Å². The highest BCUT2D eigenvalue weighted by molar-refractivity contribution is 5.87. The minimum Gasteiger partial charge on any atom is -0.476 e. The van der Waals surface area contributed by atoms with Gasteiger partial charge in [-0.05, 0) is 17.6 Å². The Morgan fingerprint density at radius 1 is 1.24 bits per heavy atom. The van der Waals surface area contributed by atoms with Gasteiger partial charge in [0.2, 0.25) is 5.89 Å². The summed E-state index contributed by atoms with van der Waals surface area (Å²) in [7, 11) is 0. The lowest BCUT2D eigenvalue weighted by atomic mass is 9.75. The molecule has 0 aliphatic heterocycles. The first kappa shape index (κ1) is 15.1. The van der Waals surface area contributed by atoms with Gasteiger partial charge in [-0.3, -0.25) is 0 Å². The standard InChI is InChI=1S/C18H14N4O3/c23-16(24)14-15(21-22-20-14)18(17-19-10-11-25-17)8-6-13(7-9-18)12-4-2-1-3-5-12/h1-8,10-11H,9H2,(H,23,24)(H,20,21,22). The van der Waals surface area contributed by atoms with Gasteiger partial charge in [0.1, 0.15) is 17.4 Å². The van der Waals surface area contributed by atoms with E-state index >= 15 is 0 Å². The average molecular weight is 334 g/mol. The molecule has 124 valence electrons. The van der Waals surface area contributed by atoms with Crippen LogP contribution in [-0.4, -0.2) is 31.5 Å². The van der Waals surface area contributed by atoms with Crippen LogP contribution in [0.15, 0.2) is 65.4 Å². The lowest BCUT2D eigenvalue weighted by Crippen LogP contribution is -2.29. The lowest BCUT2D eigenvalue weighted by Gasteiger charge is -2.27. The number of allylic oxidation sites excluding steroid dienone is 4. The molecule has 1 unspecified atom stereocenters. The second-order valence-electron chi connectivity index (χ2n) is 5.70. The van der Waals surface area contributed by atoms with Crippen molar-refractivity contribution in [3.8, 4) is 0 Å². The molecule has 3 aromatic rings. The van der Waals surface area contributed by atoms with Crippen molar-refractivity contribution in [2.75, 3.05) is 0 Å². The van der Waals surface area contributed by atoms with E-state index in [-0.39, 0.29) is 11.4 Å². The van der Waals surface area contributed by atoms with Gasteiger partial charge in [0.15, 0.2) is 5.69 Å². The zero-order chi connectivity index (χ0) is 17.3. The molecule has 25 heavy (non-hydrogen) atoms. The molecule has 7 nitrogen and oxygen atoms in total. The largest absolute Gasteiger partial charge is 0.476 e. The van der Waals surface area contributed by atoms with Crippen molar-refractivity contribution < 1.29 is 14.3 Å². The van der Waals surface area contributed by atoms with E-state index in [1.807, 2.05) is 48.6 Å². The zero-order valence-corrected chi connectivity index (χ0v) is 13.1. The monoisotopic (exact) mass is 334 g/mol. The molecule has 1 aliphatic carbocycles. The number of benzene rings is 1. The number of aromatic amines is 1. The summed E-state index contributed by atoms with van der Waals surface area (Å²) in [5.41, 5.74) is 1.35. The minimum absolute atomic E-state index is 0.139. The number of carboxylic acids is 1. The number of H-pyrrole nitrogens is 1. The Morgan fingerprint density at radius 2 is 2.08 bits per heavy atom. The van der Waals surface area contributed by atoms with Crippen molar-refractivity contribution in [2.45, 2.75) is 11.8 Å². The fourth-order valence-corrected chi connectivity index (χ4v) is 3.05. The predicted molar refractivity (Wildman–Crippen MR) is 88.8 cm³/mol. The van der Waals surface area contributed by atoms with Crippen LogP contribution in [0.2, 0.25) is 0 Å². The first-order valence-corrected chi connectivity index (χ1v) is 7.70. The number of hydrogen-bond acceptors (Lipinski definition) is 5. The Labute approximate surface area is 142 Å². The van der Waals surface area contributed by atoms with Gasteiger partial charge in [0.05, 0.1) is 6.20 Å². The predicted octanol–water partition coefficient (Wildman–Crippen LogP) is 2.82. The summed E-state index contributed by atoms with van der Waals surface area (Å²) in [4.78, 5) is 15.8. The van der Waals surface area contributed by atoms with E-state index in [0.717, 1.165) is 11.1 Å². The second-order valence-corrected chi connectivity index (χ2v) is 5.70. The summed E-state index contributed by atoms with van der Waals surface area (Å²) in [6, 6.07) is 9.95. The molecule has 4 rings (SSSR count). The van der Waals surface area contributed by atoms with Crippen LogP contribution in [0.4, 0.5) is 0 Å². The van der Waals surface area contributed by atoms with Gasteiger partial charge in [-0.15, -0.1) is 5.10 Å². The Hall–Kier alpha value is -3.48. The highest BCUT2D eigenvalue weighted by atomic mass is 16.4. The van der Waals surface area contributed by atoms with E-state index in [2.05, 4.69) is 20.4 Å². The number of carboxylic acid groups (broad SMARTS) is 1. The SMILES string of the molecule is O=C(O)c1n[nH]nc1C1(c2ncco2)C=CC(c2ccccc2)=CC1. The molecule has 2 aromatic heterocycles. The summed E-state index contributed by atoms with van der Waals surface area (Å²) in [5.74, 6) is -0.774. The van der Waals surface area contributed by atoms with Gasteiger partial charge in [0, 0.05) is 0 Å². The summed E-state index contributed by atoms with van der Waals surface area (Å²) in [6.07, 6.45) is 9.29. The van der Waals surface area contributed by atoms with Crippen LogP contribution in [0.3, 0.4) is 0 Å². The molecule has 1 atom stereocenters. The van der Waals surface area contributed by atoms with Gasteiger partial charge < -0.3 is 9.52 Å². The number of rotatable bonds is 4. The van der Waals surface area contributed by atoms with Gasteiger partial charge in [-0.2, -0.15) is 10.3 Å². The van der Waals surface area contributed by atoms with Crippen molar-refractivity contribution in [1.82, 2.24) is 20.4 Å². The molecule has 0 radical (unpaired) electrons. The van der Waals surface area contributed by atoms with Gasteiger partial charge in [-0.25, -0.2) is 9.78 Å². The minimum atomic E-state index is -1.15. The lowest BCUT2D eigenvalue weighted by molar-refractivity contribution is 0.0688. The highest BCUT2D eigenvalue weighted by Gasteiger charge is 2.43. The van der Waals surface area contributed by atoms with Gasteiger partial charge in [0.25, 0.3) is 0 Å². The Kier molecular flexibility index (Phi) is 3.53. The zero-order valence-electron chi connectivity index (χ0n) is 13.1. The number of oxazole rings is 1. The number of hydrogen-bond donors (Lipinski definition) is 2.